The van der Waals surface area contributed by atoms with Crippen LogP contribution in [0.25, 0.3) is 0 Å². The minimum absolute atomic E-state index is 0.0372. The first-order valence-corrected chi connectivity index (χ1v) is 6.11. The maximum Gasteiger partial charge on any atom is 0.231 e. The maximum absolute atomic E-state index is 12.1. The maximum atomic E-state index is 12.1. The monoisotopic (exact) mass is 248 g/mol. The first-order chi connectivity index (χ1) is 8.75. The summed E-state index contributed by atoms with van der Waals surface area (Å²) in [5.74, 6) is 0.0923. The van der Waals surface area contributed by atoms with E-state index in [4.69, 9.17) is 15.2 Å². The molecule has 2 N–H and O–H groups in total. The molecule has 18 heavy (non-hydrogen) atoms. The molecule has 1 amide bonds. The number of nitrogens with two attached hydrogens (primary N) is 1. The van der Waals surface area contributed by atoms with E-state index in [-0.39, 0.29) is 11.9 Å². The van der Waals surface area contributed by atoms with E-state index >= 15 is 0 Å². The van der Waals surface area contributed by atoms with Crippen LogP contribution in [0.2, 0.25) is 0 Å². The second kappa shape index (κ2) is 4.59. The van der Waals surface area contributed by atoms with Gasteiger partial charge in [-0.2, -0.15) is 0 Å². The predicted molar refractivity (Wildman–Crippen MR) is 67.5 cm³/mol. The fraction of sp³-hybridized carbons (Fsp3) is 0.462. The number of nitrogens with zero attached hydrogens (tertiary/aromatic N) is 1. The van der Waals surface area contributed by atoms with Crippen molar-refractivity contribution in [3.63, 3.8) is 0 Å². The number of rotatable bonds is 1. The van der Waals surface area contributed by atoms with E-state index in [0.717, 1.165) is 11.3 Å². The lowest BCUT2D eigenvalue weighted by molar-refractivity contribution is -0.118. The highest BCUT2D eigenvalue weighted by atomic mass is 16.5. The van der Waals surface area contributed by atoms with Gasteiger partial charge in [0.15, 0.2) is 0 Å². The number of carbonyl (C=O) groups is 1. The van der Waals surface area contributed by atoms with Crippen molar-refractivity contribution in [2.24, 2.45) is 0 Å². The van der Waals surface area contributed by atoms with Gasteiger partial charge in [0, 0.05) is 11.4 Å². The Morgan fingerprint density at radius 3 is 2.67 bits per heavy atom. The summed E-state index contributed by atoms with van der Waals surface area (Å²) in [5, 5.41) is 0. The van der Waals surface area contributed by atoms with E-state index in [1.165, 1.54) is 0 Å². The van der Waals surface area contributed by atoms with Gasteiger partial charge in [0.1, 0.15) is 0 Å². The topological polar surface area (TPSA) is 64.8 Å². The van der Waals surface area contributed by atoms with Crippen molar-refractivity contribution in [2.75, 3.05) is 37.1 Å². The minimum atomic E-state index is -0.0372. The second-order valence-corrected chi connectivity index (χ2v) is 4.63. The Kier molecular flexibility index (Phi) is 2.93. The largest absolute Gasteiger partial charge is 0.399 e. The molecule has 5 nitrogen and oxygen atoms in total. The van der Waals surface area contributed by atoms with E-state index in [9.17, 15) is 4.79 Å². The molecule has 1 aromatic rings. The van der Waals surface area contributed by atoms with Gasteiger partial charge in [-0.05, 0) is 23.8 Å². The zero-order valence-electron chi connectivity index (χ0n) is 10.1. The summed E-state index contributed by atoms with van der Waals surface area (Å²) in [6.45, 7) is 2.23. The lowest BCUT2D eigenvalue weighted by atomic mass is 10.1. The number of carbonyl (C=O) groups excluding carboxylic acids is 1. The number of nitrogen functional groups attached to an aromatic ring is 1. The lowest BCUT2D eigenvalue weighted by Crippen LogP contribution is -2.43. The van der Waals surface area contributed by atoms with Gasteiger partial charge in [0.05, 0.1) is 38.9 Å². The molecule has 0 atom stereocenters. The molecule has 0 bridgehead atoms. The number of benzene rings is 1. The van der Waals surface area contributed by atoms with Crippen molar-refractivity contribution in [2.45, 2.75) is 12.5 Å². The van der Waals surface area contributed by atoms with Crippen LogP contribution in [0.15, 0.2) is 18.2 Å². The Balaban J connectivity index is 1.90. The van der Waals surface area contributed by atoms with Gasteiger partial charge < -0.3 is 20.1 Å². The first kappa shape index (κ1) is 11.5. The molecular formula is C13H16N2O3. The Hall–Kier alpha value is -1.59. The Bertz CT molecular complexity index is 467. The van der Waals surface area contributed by atoms with Crippen LogP contribution < -0.4 is 10.6 Å². The van der Waals surface area contributed by atoms with Gasteiger partial charge in [-0.25, -0.2) is 0 Å². The van der Waals surface area contributed by atoms with E-state index < -0.39 is 0 Å². The van der Waals surface area contributed by atoms with Gasteiger partial charge in [-0.3, -0.25) is 4.79 Å². The average molecular weight is 248 g/mol. The second-order valence-electron chi connectivity index (χ2n) is 4.63. The van der Waals surface area contributed by atoms with Gasteiger partial charge in [0.25, 0.3) is 0 Å². The third kappa shape index (κ3) is 1.95. The number of amides is 1. The van der Waals surface area contributed by atoms with Crippen LogP contribution in [0.1, 0.15) is 5.56 Å². The van der Waals surface area contributed by atoms with Crippen LogP contribution in [-0.4, -0.2) is 38.4 Å². The molecule has 0 unspecified atom stereocenters. The molecule has 3 rings (SSSR count). The Labute approximate surface area is 105 Å². The standard InChI is InChI=1S/C13H16N2O3/c14-10-1-2-12-9(5-10)6-13(16)15(12)11-7-17-3-4-18-8-11/h1-2,5,11H,3-4,6-8,14H2. The molecule has 2 aliphatic rings. The summed E-state index contributed by atoms with van der Waals surface area (Å²) in [5.41, 5.74) is 8.37. The van der Waals surface area contributed by atoms with Gasteiger partial charge in [-0.15, -0.1) is 0 Å². The van der Waals surface area contributed by atoms with E-state index in [1.54, 1.807) is 4.90 Å². The molecule has 2 aliphatic heterocycles. The number of hydrogen-bond donors (Lipinski definition) is 1. The summed E-state index contributed by atoms with van der Waals surface area (Å²) in [7, 11) is 0. The van der Waals surface area contributed by atoms with Crippen LogP contribution in [0, 0.1) is 0 Å². The molecule has 0 saturated carbocycles. The molecule has 5 heteroatoms. The number of fused-ring (bicyclic) bond motifs is 1. The minimum Gasteiger partial charge on any atom is -0.399 e. The van der Waals surface area contributed by atoms with Crippen LogP contribution in [0.4, 0.5) is 11.4 Å². The fourth-order valence-electron chi connectivity index (χ4n) is 2.52. The quantitative estimate of drug-likeness (QED) is 0.738. The molecule has 0 aliphatic carbocycles. The Morgan fingerprint density at radius 2 is 1.94 bits per heavy atom. The summed E-state index contributed by atoms with van der Waals surface area (Å²) in [6, 6.07) is 5.56. The van der Waals surface area contributed by atoms with Crippen LogP contribution in [0.5, 0.6) is 0 Å². The normalized spacial score (nSPS) is 20.9. The molecule has 96 valence electrons. The van der Waals surface area contributed by atoms with Gasteiger partial charge in [0.2, 0.25) is 5.91 Å². The molecule has 0 aromatic heterocycles. The van der Waals surface area contributed by atoms with Gasteiger partial charge >= 0.3 is 0 Å². The zero-order chi connectivity index (χ0) is 12.5. The van der Waals surface area contributed by atoms with Crippen molar-refractivity contribution in [3.05, 3.63) is 23.8 Å². The lowest BCUT2D eigenvalue weighted by Gasteiger charge is -2.26. The molecule has 0 radical (unpaired) electrons. The molecular weight excluding hydrogens is 232 g/mol. The van der Waals surface area contributed by atoms with Crippen molar-refractivity contribution in [3.8, 4) is 0 Å². The van der Waals surface area contributed by atoms with Crippen LogP contribution in [-0.2, 0) is 20.7 Å². The molecule has 0 spiro atoms. The Morgan fingerprint density at radius 1 is 1.22 bits per heavy atom. The molecule has 2 heterocycles. The molecule has 1 aromatic carbocycles. The summed E-state index contributed by atoms with van der Waals surface area (Å²) in [6.07, 6.45) is 0.414. The third-order valence-electron chi connectivity index (χ3n) is 3.33. The van der Waals surface area contributed by atoms with E-state index in [1.807, 2.05) is 18.2 Å². The SMILES string of the molecule is Nc1ccc2c(c1)CC(=O)N2C1COCCOC1. The van der Waals surface area contributed by atoms with Crippen molar-refractivity contribution >= 4 is 17.3 Å². The third-order valence-corrected chi connectivity index (χ3v) is 3.33. The van der Waals surface area contributed by atoms with Gasteiger partial charge in [-0.1, -0.05) is 0 Å². The highest BCUT2D eigenvalue weighted by Crippen LogP contribution is 2.32. The highest BCUT2D eigenvalue weighted by Gasteiger charge is 2.33. The predicted octanol–water partition coefficient (Wildman–Crippen LogP) is 0.573. The summed E-state index contributed by atoms with van der Waals surface area (Å²) in [4.78, 5) is 13.9. The smallest absolute Gasteiger partial charge is 0.231 e. The van der Waals surface area contributed by atoms with E-state index in [0.29, 0.717) is 38.5 Å². The number of hydrogen-bond acceptors (Lipinski definition) is 4. The van der Waals surface area contributed by atoms with Crippen molar-refractivity contribution in [1.82, 2.24) is 0 Å². The highest BCUT2D eigenvalue weighted by molar-refractivity contribution is 6.02. The molecule has 1 fully saturated rings. The van der Waals surface area contributed by atoms with Crippen LogP contribution >= 0.6 is 0 Å². The first-order valence-electron chi connectivity index (χ1n) is 6.11. The summed E-state index contributed by atoms with van der Waals surface area (Å²) < 4.78 is 10.9. The zero-order valence-corrected chi connectivity index (χ0v) is 10.1. The summed E-state index contributed by atoms with van der Waals surface area (Å²) >= 11 is 0. The fourth-order valence-corrected chi connectivity index (χ4v) is 2.52. The number of ether oxygens (including phenoxy) is 2. The van der Waals surface area contributed by atoms with E-state index in [2.05, 4.69) is 0 Å². The van der Waals surface area contributed by atoms with Crippen LogP contribution in [0.3, 0.4) is 0 Å². The van der Waals surface area contributed by atoms with Crippen molar-refractivity contribution < 1.29 is 14.3 Å². The number of anilines is 2. The average Bonchev–Trinajstić information content (AvgIpc) is 2.54. The van der Waals surface area contributed by atoms with Crippen molar-refractivity contribution in [1.29, 1.82) is 0 Å². The molecule has 1 saturated heterocycles.